The maximum absolute atomic E-state index is 14.9. The van der Waals surface area contributed by atoms with Crippen LogP contribution in [0.15, 0.2) is 36.4 Å². The molecular formula is C22H25F2N3O. The third kappa shape index (κ3) is 5.71. The highest BCUT2D eigenvalue weighted by atomic mass is 19.1. The molecule has 0 fully saturated rings. The van der Waals surface area contributed by atoms with Crippen molar-refractivity contribution in [3.8, 4) is 12.3 Å². The van der Waals surface area contributed by atoms with Crippen LogP contribution in [0.2, 0.25) is 0 Å². The van der Waals surface area contributed by atoms with Gasteiger partial charge in [0.05, 0.1) is 23.6 Å². The molecule has 0 aromatic heterocycles. The average Bonchev–Trinajstić information content (AvgIpc) is 2.67. The van der Waals surface area contributed by atoms with E-state index in [4.69, 9.17) is 12.2 Å². The zero-order chi connectivity index (χ0) is 20.5. The van der Waals surface area contributed by atoms with Crippen LogP contribution in [0.5, 0.6) is 0 Å². The van der Waals surface area contributed by atoms with Crippen molar-refractivity contribution in [2.45, 2.75) is 39.2 Å². The second-order valence-corrected chi connectivity index (χ2v) is 6.55. The number of nitrogens with one attached hydrogen (secondary N) is 1. The van der Waals surface area contributed by atoms with Crippen LogP contribution in [0.3, 0.4) is 0 Å². The van der Waals surface area contributed by atoms with E-state index in [1.807, 2.05) is 0 Å². The summed E-state index contributed by atoms with van der Waals surface area (Å²) in [5.41, 5.74) is 7.03. The highest BCUT2D eigenvalue weighted by Gasteiger charge is 2.17. The molecule has 2 rings (SSSR count). The number of nitrogens with two attached hydrogens (primary N) is 1. The fourth-order valence-electron chi connectivity index (χ4n) is 2.83. The minimum Gasteiger partial charge on any atom is -0.395 e. The molecule has 0 spiro atoms. The van der Waals surface area contributed by atoms with Crippen LogP contribution >= 0.6 is 0 Å². The van der Waals surface area contributed by atoms with E-state index in [2.05, 4.69) is 18.2 Å². The molecule has 0 aliphatic carbocycles. The summed E-state index contributed by atoms with van der Waals surface area (Å²) in [5, 5.41) is 2.66. The first-order chi connectivity index (χ1) is 13.5. The number of unbranched alkanes of at least 4 members (excludes halogenated alkanes) is 2. The third-order valence-electron chi connectivity index (χ3n) is 4.35. The molecule has 0 radical (unpaired) electrons. The van der Waals surface area contributed by atoms with Gasteiger partial charge in [-0.3, -0.25) is 4.79 Å². The number of anilines is 3. The van der Waals surface area contributed by atoms with Crippen LogP contribution in [0.4, 0.5) is 25.8 Å². The van der Waals surface area contributed by atoms with Crippen molar-refractivity contribution in [1.82, 2.24) is 0 Å². The first kappa shape index (κ1) is 21.2. The van der Waals surface area contributed by atoms with Crippen LogP contribution in [0.25, 0.3) is 0 Å². The van der Waals surface area contributed by atoms with Crippen molar-refractivity contribution in [2.75, 3.05) is 22.5 Å². The number of terminal acetylenes is 1. The molecule has 0 heterocycles. The molecule has 0 aliphatic rings. The lowest BCUT2D eigenvalue weighted by Gasteiger charge is -2.24. The summed E-state index contributed by atoms with van der Waals surface area (Å²) in [4.78, 5) is 13.6. The summed E-state index contributed by atoms with van der Waals surface area (Å²) in [6.07, 6.45) is 8.53. The van der Waals surface area contributed by atoms with Gasteiger partial charge in [0.2, 0.25) is 5.91 Å². The Morgan fingerprint density at radius 1 is 1.18 bits per heavy atom. The monoisotopic (exact) mass is 385 g/mol. The molecule has 0 aliphatic heterocycles. The molecular weight excluding hydrogens is 360 g/mol. The third-order valence-corrected chi connectivity index (χ3v) is 4.35. The van der Waals surface area contributed by atoms with Crippen LogP contribution < -0.4 is 16.0 Å². The molecule has 1 amide bonds. The number of rotatable bonds is 9. The Kier molecular flexibility index (Phi) is 7.82. The van der Waals surface area contributed by atoms with Gasteiger partial charge in [-0.15, -0.1) is 6.42 Å². The first-order valence-corrected chi connectivity index (χ1v) is 9.27. The van der Waals surface area contributed by atoms with E-state index < -0.39 is 5.82 Å². The number of amides is 1. The summed E-state index contributed by atoms with van der Waals surface area (Å²) in [5.74, 6) is 1.30. The van der Waals surface area contributed by atoms with Gasteiger partial charge in [-0.05, 0) is 36.2 Å². The Morgan fingerprint density at radius 3 is 2.54 bits per heavy atom. The smallest absolute Gasteiger partial charge is 0.224 e. The highest BCUT2D eigenvalue weighted by Crippen LogP contribution is 2.31. The zero-order valence-corrected chi connectivity index (χ0v) is 16.0. The Morgan fingerprint density at radius 2 is 1.89 bits per heavy atom. The maximum atomic E-state index is 14.9. The fraction of sp³-hybridized carbons (Fsp3) is 0.318. The van der Waals surface area contributed by atoms with Gasteiger partial charge in [-0.2, -0.15) is 0 Å². The lowest BCUT2D eigenvalue weighted by molar-refractivity contribution is -0.116. The molecule has 0 saturated heterocycles. The lowest BCUT2D eigenvalue weighted by Crippen LogP contribution is -2.24. The van der Waals surface area contributed by atoms with Gasteiger partial charge in [0.15, 0.2) is 5.82 Å². The van der Waals surface area contributed by atoms with E-state index >= 15 is 0 Å². The lowest BCUT2D eigenvalue weighted by atomic mass is 10.1. The Balaban J connectivity index is 2.18. The van der Waals surface area contributed by atoms with Crippen LogP contribution in [0, 0.1) is 24.0 Å². The quantitative estimate of drug-likeness (QED) is 0.373. The van der Waals surface area contributed by atoms with Crippen molar-refractivity contribution in [2.24, 2.45) is 0 Å². The SMILES string of the molecule is C#CCN(Cc1ccc(F)cc1)c1ccc(NC(=O)CCCCC)c(N)c1F. The van der Waals surface area contributed by atoms with E-state index in [1.165, 1.54) is 18.2 Å². The molecule has 0 unspecified atom stereocenters. The molecule has 0 saturated carbocycles. The Hall–Kier alpha value is -3.07. The molecule has 4 nitrogen and oxygen atoms in total. The van der Waals surface area contributed by atoms with Gasteiger partial charge < -0.3 is 16.0 Å². The van der Waals surface area contributed by atoms with Gasteiger partial charge >= 0.3 is 0 Å². The van der Waals surface area contributed by atoms with Crippen LogP contribution in [0.1, 0.15) is 38.2 Å². The van der Waals surface area contributed by atoms with Crippen molar-refractivity contribution in [1.29, 1.82) is 0 Å². The molecule has 0 bridgehead atoms. The second-order valence-electron chi connectivity index (χ2n) is 6.55. The first-order valence-electron chi connectivity index (χ1n) is 9.27. The van der Waals surface area contributed by atoms with Crippen LogP contribution in [-0.4, -0.2) is 12.5 Å². The summed E-state index contributed by atoms with van der Waals surface area (Å²) in [6, 6.07) is 9.01. The van der Waals surface area contributed by atoms with Crippen molar-refractivity contribution >= 4 is 23.0 Å². The molecule has 148 valence electrons. The molecule has 6 heteroatoms. The van der Waals surface area contributed by atoms with E-state index in [-0.39, 0.29) is 35.3 Å². The number of nitrogens with zero attached hydrogens (tertiary/aromatic N) is 1. The minimum absolute atomic E-state index is 0.137. The number of halogens is 2. The van der Waals surface area contributed by atoms with Crippen molar-refractivity contribution in [3.05, 3.63) is 53.6 Å². The normalized spacial score (nSPS) is 10.4. The van der Waals surface area contributed by atoms with Crippen LogP contribution in [-0.2, 0) is 11.3 Å². The maximum Gasteiger partial charge on any atom is 0.224 e. The number of nitrogen functional groups attached to an aromatic ring is 1. The predicted molar refractivity (Wildman–Crippen MR) is 110 cm³/mol. The predicted octanol–water partition coefficient (Wildman–Crippen LogP) is 4.71. The molecule has 2 aromatic rings. The summed E-state index contributed by atoms with van der Waals surface area (Å²) < 4.78 is 28.0. The largest absolute Gasteiger partial charge is 0.395 e. The Bertz CT molecular complexity index is 844. The molecule has 3 N–H and O–H groups in total. The van der Waals surface area contributed by atoms with E-state index in [9.17, 15) is 13.6 Å². The number of carbonyl (C=O) groups is 1. The zero-order valence-electron chi connectivity index (χ0n) is 16.0. The summed E-state index contributed by atoms with van der Waals surface area (Å²) in [7, 11) is 0. The van der Waals surface area contributed by atoms with E-state index in [0.717, 1.165) is 24.8 Å². The highest BCUT2D eigenvalue weighted by molar-refractivity contribution is 5.94. The Labute approximate surface area is 164 Å². The number of carbonyl (C=O) groups excluding carboxylic acids is 1. The molecule has 0 atom stereocenters. The van der Waals surface area contributed by atoms with Gasteiger partial charge in [0, 0.05) is 13.0 Å². The van der Waals surface area contributed by atoms with Gasteiger partial charge in [-0.25, -0.2) is 8.78 Å². The van der Waals surface area contributed by atoms with E-state index in [0.29, 0.717) is 13.0 Å². The van der Waals surface area contributed by atoms with Gasteiger partial charge in [0.1, 0.15) is 5.82 Å². The second kappa shape index (κ2) is 10.3. The number of hydrogen-bond donors (Lipinski definition) is 2. The summed E-state index contributed by atoms with van der Waals surface area (Å²) >= 11 is 0. The molecule has 2 aromatic carbocycles. The van der Waals surface area contributed by atoms with Crippen molar-refractivity contribution < 1.29 is 13.6 Å². The summed E-state index contributed by atoms with van der Waals surface area (Å²) in [6.45, 7) is 2.50. The molecule has 28 heavy (non-hydrogen) atoms. The number of benzene rings is 2. The fourth-order valence-corrected chi connectivity index (χ4v) is 2.83. The average molecular weight is 385 g/mol. The number of hydrogen-bond acceptors (Lipinski definition) is 3. The van der Waals surface area contributed by atoms with Gasteiger partial charge in [0.25, 0.3) is 0 Å². The topological polar surface area (TPSA) is 58.4 Å². The van der Waals surface area contributed by atoms with Crippen molar-refractivity contribution in [3.63, 3.8) is 0 Å². The van der Waals surface area contributed by atoms with E-state index in [1.54, 1.807) is 23.1 Å². The minimum atomic E-state index is -0.649. The standard InChI is InChI=1S/C22H25F2N3O/c1-3-5-6-7-20(28)26-18-12-13-19(21(24)22(18)25)27(14-4-2)15-16-8-10-17(23)11-9-16/h2,8-13H,3,5-7,14-15,25H2,1H3,(H,26,28). The van der Waals surface area contributed by atoms with Gasteiger partial charge in [-0.1, -0.05) is 37.8 Å².